The van der Waals surface area contributed by atoms with E-state index in [4.69, 9.17) is 0 Å². The van der Waals surface area contributed by atoms with Crippen LogP contribution < -0.4 is 10.0 Å². The van der Waals surface area contributed by atoms with Crippen molar-refractivity contribution in [3.8, 4) is 0 Å². The molecule has 2 rings (SSSR count). The molecule has 7 heteroatoms. The highest BCUT2D eigenvalue weighted by Gasteiger charge is 2.25. The van der Waals surface area contributed by atoms with Gasteiger partial charge in [-0.3, -0.25) is 0 Å². The highest BCUT2D eigenvalue weighted by Crippen LogP contribution is 2.13. The van der Waals surface area contributed by atoms with E-state index in [9.17, 15) is 8.42 Å². The third kappa shape index (κ3) is 4.37. The Morgan fingerprint density at radius 1 is 1.24 bits per heavy atom. The topological polar surface area (TPSA) is 61.4 Å². The molecule has 0 bridgehead atoms. The third-order valence-corrected chi connectivity index (χ3v) is 4.93. The molecule has 0 aromatic carbocycles. The Bertz CT molecular complexity index is 312. The van der Waals surface area contributed by atoms with E-state index >= 15 is 0 Å². The van der Waals surface area contributed by atoms with Crippen LogP contribution in [0.3, 0.4) is 0 Å². The van der Waals surface area contributed by atoms with Gasteiger partial charge in [0.25, 0.3) is 10.2 Å². The minimum Gasteiger partial charge on any atom is -0.316 e. The standard InChI is InChI=1S/C10H21N3O2S.ClH/c14-16(15,13-6-1-2-7-13)12-9-10-4-3-5-11-8-10;/h10-12H,1-9H2;1H. The van der Waals surface area contributed by atoms with Crippen LogP contribution in [0.4, 0.5) is 0 Å². The maximum atomic E-state index is 11.9. The van der Waals surface area contributed by atoms with E-state index in [-0.39, 0.29) is 12.4 Å². The van der Waals surface area contributed by atoms with Crippen LogP contribution in [-0.2, 0) is 10.2 Å². The second-order valence-corrected chi connectivity index (χ2v) is 6.43. The molecule has 0 radical (unpaired) electrons. The number of rotatable bonds is 4. The van der Waals surface area contributed by atoms with Crippen LogP contribution >= 0.6 is 12.4 Å². The Labute approximate surface area is 110 Å². The molecule has 2 aliphatic heterocycles. The monoisotopic (exact) mass is 283 g/mol. The predicted molar refractivity (Wildman–Crippen MR) is 70.6 cm³/mol. The normalized spacial score (nSPS) is 26.7. The minimum absolute atomic E-state index is 0. The molecular weight excluding hydrogens is 262 g/mol. The van der Waals surface area contributed by atoms with Gasteiger partial charge in [0.1, 0.15) is 0 Å². The molecule has 2 aliphatic rings. The van der Waals surface area contributed by atoms with Crippen molar-refractivity contribution in [2.75, 3.05) is 32.7 Å². The SMILES string of the molecule is Cl.O=S(=O)(NCC1CCCNC1)N1CCCC1. The highest BCUT2D eigenvalue weighted by molar-refractivity contribution is 7.87. The number of nitrogens with zero attached hydrogens (tertiary/aromatic N) is 1. The van der Waals surface area contributed by atoms with Gasteiger partial charge in [-0.15, -0.1) is 12.4 Å². The molecule has 0 amide bonds. The number of hydrogen-bond acceptors (Lipinski definition) is 3. The summed E-state index contributed by atoms with van der Waals surface area (Å²) in [6.07, 6.45) is 4.25. The first-order valence-corrected chi connectivity index (χ1v) is 7.58. The summed E-state index contributed by atoms with van der Waals surface area (Å²) < 4.78 is 28.0. The van der Waals surface area contributed by atoms with Gasteiger partial charge in [-0.1, -0.05) is 0 Å². The quantitative estimate of drug-likeness (QED) is 0.782. The summed E-state index contributed by atoms with van der Waals surface area (Å²) in [5.74, 6) is 0.450. The second kappa shape index (κ2) is 6.89. The van der Waals surface area contributed by atoms with Crippen LogP contribution in [0.2, 0.25) is 0 Å². The van der Waals surface area contributed by atoms with Gasteiger partial charge >= 0.3 is 0 Å². The third-order valence-electron chi connectivity index (χ3n) is 3.36. The molecule has 2 N–H and O–H groups in total. The lowest BCUT2D eigenvalue weighted by Crippen LogP contribution is -2.43. The maximum Gasteiger partial charge on any atom is 0.279 e. The van der Waals surface area contributed by atoms with Gasteiger partial charge in [-0.2, -0.15) is 12.7 Å². The van der Waals surface area contributed by atoms with E-state index in [0.29, 0.717) is 25.6 Å². The van der Waals surface area contributed by atoms with Crippen LogP contribution in [0.1, 0.15) is 25.7 Å². The molecule has 0 saturated carbocycles. The van der Waals surface area contributed by atoms with Crippen molar-refractivity contribution in [1.82, 2.24) is 14.3 Å². The van der Waals surface area contributed by atoms with E-state index in [1.165, 1.54) is 0 Å². The highest BCUT2D eigenvalue weighted by atomic mass is 35.5. The molecule has 2 heterocycles. The average Bonchev–Trinajstić information content (AvgIpc) is 2.82. The molecule has 0 aromatic rings. The lowest BCUT2D eigenvalue weighted by molar-refractivity contribution is 0.370. The van der Waals surface area contributed by atoms with Crippen molar-refractivity contribution in [2.45, 2.75) is 25.7 Å². The van der Waals surface area contributed by atoms with Crippen molar-refractivity contribution in [3.05, 3.63) is 0 Å². The predicted octanol–water partition coefficient (Wildman–Crippen LogP) is 0.338. The van der Waals surface area contributed by atoms with Crippen molar-refractivity contribution in [2.24, 2.45) is 5.92 Å². The molecule has 0 aliphatic carbocycles. The Kier molecular flexibility index (Phi) is 6.16. The van der Waals surface area contributed by atoms with Crippen LogP contribution in [0.15, 0.2) is 0 Å². The molecule has 0 aromatic heterocycles. The summed E-state index contributed by atoms with van der Waals surface area (Å²) in [5.41, 5.74) is 0. The number of piperidine rings is 1. The summed E-state index contributed by atoms with van der Waals surface area (Å²) in [6.45, 7) is 3.93. The first-order chi connectivity index (χ1) is 7.68. The van der Waals surface area contributed by atoms with Crippen LogP contribution in [0, 0.1) is 5.92 Å². The molecule has 17 heavy (non-hydrogen) atoms. The van der Waals surface area contributed by atoms with Crippen LogP contribution in [-0.4, -0.2) is 45.4 Å². The molecule has 0 spiro atoms. The van der Waals surface area contributed by atoms with Crippen molar-refractivity contribution in [3.63, 3.8) is 0 Å². The van der Waals surface area contributed by atoms with E-state index in [1.54, 1.807) is 4.31 Å². The summed E-state index contributed by atoms with van der Waals surface area (Å²) >= 11 is 0. The average molecular weight is 284 g/mol. The van der Waals surface area contributed by atoms with Crippen molar-refractivity contribution >= 4 is 22.6 Å². The first kappa shape index (κ1) is 15.2. The van der Waals surface area contributed by atoms with Crippen LogP contribution in [0.25, 0.3) is 0 Å². The van der Waals surface area contributed by atoms with E-state index in [0.717, 1.165) is 38.8 Å². The molecule has 2 fully saturated rings. The fourth-order valence-electron chi connectivity index (χ4n) is 2.34. The van der Waals surface area contributed by atoms with Crippen molar-refractivity contribution < 1.29 is 8.42 Å². The first-order valence-electron chi connectivity index (χ1n) is 6.14. The van der Waals surface area contributed by atoms with Gasteiger partial charge in [0.05, 0.1) is 0 Å². The van der Waals surface area contributed by atoms with Gasteiger partial charge in [0.2, 0.25) is 0 Å². The maximum absolute atomic E-state index is 11.9. The Morgan fingerprint density at radius 3 is 2.53 bits per heavy atom. The molecule has 102 valence electrons. The zero-order chi connectivity index (χ0) is 11.4. The fourth-order valence-corrected chi connectivity index (χ4v) is 3.71. The smallest absolute Gasteiger partial charge is 0.279 e. The molecular formula is C10H22ClN3O2S. The lowest BCUT2D eigenvalue weighted by Gasteiger charge is -2.24. The largest absolute Gasteiger partial charge is 0.316 e. The summed E-state index contributed by atoms with van der Waals surface area (Å²) in [5, 5.41) is 3.29. The lowest BCUT2D eigenvalue weighted by atomic mass is 10.0. The van der Waals surface area contributed by atoms with E-state index in [1.807, 2.05) is 0 Å². The summed E-state index contributed by atoms with van der Waals surface area (Å²) in [4.78, 5) is 0. The van der Waals surface area contributed by atoms with Gasteiger partial charge in [0.15, 0.2) is 0 Å². The minimum atomic E-state index is -3.20. The van der Waals surface area contributed by atoms with E-state index in [2.05, 4.69) is 10.0 Å². The number of hydrogen-bond donors (Lipinski definition) is 2. The van der Waals surface area contributed by atoms with Gasteiger partial charge in [-0.05, 0) is 44.7 Å². The van der Waals surface area contributed by atoms with Gasteiger partial charge < -0.3 is 5.32 Å². The zero-order valence-corrected chi connectivity index (χ0v) is 11.7. The van der Waals surface area contributed by atoms with Crippen LogP contribution in [0.5, 0.6) is 0 Å². The van der Waals surface area contributed by atoms with Gasteiger partial charge in [0, 0.05) is 19.6 Å². The van der Waals surface area contributed by atoms with E-state index < -0.39 is 10.2 Å². The molecule has 2 saturated heterocycles. The second-order valence-electron chi connectivity index (χ2n) is 4.67. The summed E-state index contributed by atoms with van der Waals surface area (Å²) in [7, 11) is -3.20. The Morgan fingerprint density at radius 2 is 1.94 bits per heavy atom. The zero-order valence-electron chi connectivity index (χ0n) is 10.0. The summed E-state index contributed by atoms with van der Waals surface area (Å²) in [6, 6.07) is 0. The van der Waals surface area contributed by atoms with Crippen molar-refractivity contribution in [1.29, 1.82) is 0 Å². The number of nitrogens with one attached hydrogen (secondary N) is 2. The molecule has 1 unspecified atom stereocenters. The fraction of sp³-hybridized carbons (Fsp3) is 1.00. The Balaban J connectivity index is 0.00000144. The van der Waals surface area contributed by atoms with Gasteiger partial charge in [-0.25, -0.2) is 4.72 Å². The number of halogens is 1. The molecule has 1 atom stereocenters. The molecule has 5 nitrogen and oxygen atoms in total. The Hall–Kier alpha value is 0.120.